The first-order chi connectivity index (χ1) is 19.2. The fourth-order valence-electron chi connectivity index (χ4n) is 5.15. The van der Waals surface area contributed by atoms with Gasteiger partial charge in [-0.2, -0.15) is 0 Å². The summed E-state index contributed by atoms with van der Waals surface area (Å²) in [6.07, 6.45) is 4.37. The molecule has 0 heterocycles. The van der Waals surface area contributed by atoms with Crippen molar-refractivity contribution < 1.29 is 18.0 Å². The number of halogens is 1. The smallest absolute Gasteiger partial charge is 0.264 e. The maximum Gasteiger partial charge on any atom is 0.264 e. The third-order valence-electron chi connectivity index (χ3n) is 7.33. The monoisotopic (exact) mass is 581 g/mol. The molecule has 0 aromatic heterocycles. The molecule has 1 fully saturated rings. The molecule has 3 aromatic rings. The number of rotatable bonds is 11. The van der Waals surface area contributed by atoms with Gasteiger partial charge in [0.15, 0.2) is 0 Å². The Morgan fingerprint density at radius 2 is 1.60 bits per heavy atom. The molecule has 0 saturated heterocycles. The van der Waals surface area contributed by atoms with Crippen molar-refractivity contribution in [1.82, 2.24) is 10.2 Å². The van der Waals surface area contributed by atoms with Gasteiger partial charge in [-0.15, -0.1) is 0 Å². The number of carbonyl (C=O) groups excluding carboxylic acids is 2. The molecule has 1 aliphatic carbocycles. The highest BCUT2D eigenvalue weighted by molar-refractivity contribution is 7.92. The van der Waals surface area contributed by atoms with Crippen LogP contribution in [0, 0.1) is 6.92 Å². The Morgan fingerprint density at radius 3 is 2.23 bits per heavy atom. The average molecular weight is 582 g/mol. The summed E-state index contributed by atoms with van der Waals surface area (Å²) >= 11 is 6.29. The molecule has 1 saturated carbocycles. The van der Waals surface area contributed by atoms with E-state index >= 15 is 0 Å². The van der Waals surface area contributed by atoms with Gasteiger partial charge in [-0.05, 0) is 61.6 Å². The largest absolute Gasteiger partial charge is 0.352 e. The fraction of sp³-hybridized carbons (Fsp3) is 0.355. The quantitative estimate of drug-likeness (QED) is 0.314. The minimum absolute atomic E-state index is 0.0582. The van der Waals surface area contributed by atoms with Crippen molar-refractivity contribution in [3.05, 3.63) is 95.0 Å². The summed E-state index contributed by atoms with van der Waals surface area (Å²) in [7, 11) is -4.14. The lowest BCUT2D eigenvalue weighted by molar-refractivity contribution is -0.140. The molecule has 2 amide bonds. The first kappa shape index (κ1) is 29.6. The second-order valence-corrected chi connectivity index (χ2v) is 12.5. The SMILES string of the molecule is CC[C@@H](C(=O)NC1CCCC1)N(Cc1ccccc1)C(=O)CN(c1cc(Cl)ccc1C)S(=O)(=O)c1ccccc1. The van der Waals surface area contributed by atoms with Gasteiger partial charge in [0.1, 0.15) is 12.6 Å². The van der Waals surface area contributed by atoms with Crippen LogP contribution < -0.4 is 9.62 Å². The highest BCUT2D eigenvalue weighted by atomic mass is 35.5. The molecule has 40 heavy (non-hydrogen) atoms. The van der Waals surface area contributed by atoms with Crippen LogP contribution in [0.5, 0.6) is 0 Å². The van der Waals surface area contributed by atoms with Crippen LogP contribution >= 0.6 is 11.6 Å². The summed E-state index contributed by atoms with van der Waals surface area (Å²) in [6, 6.07) is 21.7. The third-order valence-corrected chi connectivity index (χ3v) is 9.34. The molecular weight excluding hydrogens is 546 g/mol. The number of sulfonamides is 1. The number of amides is 2. The fourth-order valence-corrected chi connectivity index (χ4v) is 6.81. The lowest BCUT2D eigenvalue weighted by Gasteiger charge is -2.34. The third kappa shape index (κ3) is 7.04. The van der Waals surface area contributed by atoms with E-state index in [9.17, 15) is 18.0 Å². The number of hydrogen-bond donors (Lipinski definition) is 1. The molecule has 1 aliphatic rings. The number of anilines is 1. The Bertz CT molecular complexity index is 1410. The molecule has 0 bridgehead atoms. The molecule has 0 unspecified atom stereocenters. The van der Waals surface area contributed by atoms with Crippen LogP contribution in [0.3, 0.4) is 0 Å². The van der Waals surface area contributed by atoms with Gasteiger partial charge < -0.3 is 10.2 Å². The number of carbonyl (C=O) groups is 2. The topological polar surface area (TPSA) is 86.8 Å². The summed E-state index contributed by atoms with van der Waals surface area (Å²) in [5, 5.41) is 3.48. The maximum atomic E-state index is 14.2. The Balaban J connectivity index is 1.72. The first-order valence-electron chi connectivity index (χ1n) is 13.7. The number of nitrogens with zero attached hydrogens (tertiary/aromatic N) is 2. The van der Waals surface area contributed by atoms with E-state index in [0.717, 1.165) is 35.6 Å². The van der Waals surface area contributed by atoms with Crippen molar-refractivity contribution >= 4 is 39.1 Å². The average Bonchev–Trinajstić information content (AvgIpc) is 3.47. The highest BCUT2D eigenvalue weighted by Gasteiger charge is 2.35. The molecule has 7 nitrogen and oxygen atoms in total. The first-order valence-corrected chi connectivity index (χ1v) is 15.5. The van der Waals surface area contributed by atoms with Crippen molar-refractivity contribution in [2.75, 3.05) is 10.8 Å². The van der Waals surface area contributed by atoms with Crippen molar-refractivity contribution in [3.63, 3.8) is 0 Å². The van der Waals surface area contributed by atoms with Gasteiger partial charge in [0, 0.05) is 17.6 Å². The van der Waals surface area contributed by atoms with Crippen LogP contribution in [-0.4, -0.2) is 43.8 Å². The van der Waals surface area contributed by atoms with Crippen LogP contribution in [0.1, 0.15) is 50.2 Å². The zero-order valence-corrected chi connectivity index (χ0v) is 24.5. The van der Waals surface area contributed by atoms with Crippen molar-refractivity contribution in [2.45, 2.75) is 69.5 Å². The molecule has 3 aromatic carbocycles. The predicted molar refractivity (Wildman–Crippen MR) is 159 cm³/mol. The second kappa shape index (κ2) is 13.3. The number of nitrogens with one attached hydrogen (secondary N) is 1. The van der Waals surface area contributed by atoms with Crippen LogP contribution in [0.15, 0.2) is 83.8 Å². The zero-order valence-electron chi connectivity index (χ0n) is 22.9. The maximum absolute atomic E-state index is 14.2. The molecule has 0 spiro atoms. The van der Waals surface area contributed by atoms with Crippen LogP contribution in [0.4, 0.5) is 5.69 Å². The van der Waals surface area contributed by atoms with Gasteiger partial charge in [-0.25, -0.2) is 8.42 Å². The van der Waals surface area contributed by atoms with Crippen molar-refractivity contribution in [2.24, 2.45) is 0 Å². The van der Waals surface area contributed by atoms with Gasteiger partial charge in [0.2, 0.25) is 11.8 Å². The van der Waals surface area contributed by atoms with Gasteiger partial charge in [0.25, 0.3) is 10.0 Å². The Morgan fingerprint density at radius 1 is 0.975 bits per heavy atom. The van der Waals surface area contributed by atoms with Crippen molar-refractivity contribution in [1.29, 1.82) is 0 Å². The number of hydrogen-bond acceptors (Lipinski definition) is 4. The molecule has 9 heteroatoms. The van der Waals surface area contributed by atoms with E-state index in [4.69, 9.17) is 11.6 Å². The second-order valence-electron chi connectivity index (χ2n) is 10.2. The zero-order chi connectivity index (χ0) is 28.7. The lowest BCUT2D eigenvalue weighted by Crippen LogP contribution is -2.53. The van der Waals surface area contributed by atoms with Gasteiger partial charge in [-0.3, -0.25) is 13.9 Å². The highest BCUT2D eigenvalue weighted by Crippen LogP contribution is 2.30. The van der Waals surface area contributed by atoms with Gasteiger partial charge >= 0.3 is 0 Å². The summed E-state index contributed by atoms with van der Waals surface area (Å²) in [5.74, 6) is -0.689. The van der Waals surface area contributed by atoms with Crippen molar-refractivity contribution in [3.8, 4) is 0 Å². The molecule has 212 valence electrons. The van der Waals surface area contributed by atoms with Crippen LogP contribution in [-0.2, 0) is 26.2 Å². The summed E-state index contributed by atoms with van der Waals surface area (Å²) < 4.78 is 29.0. The van der Waals surface area contributed by atoms with E-state index in [0.29, 0.717) is 22.7 Å². The van der Waals surface area contributed by atoms with Gasteiger partial charge in [-0.1, -0.05) is 86.0 Å². The van der Waals surface area contributed by atoms with E-state index in [-0.39, 0.29) is 23.4 Å². The molecule has 0 aliphatic heterocycles. The number of aryl methyl sites for hydroxylation is 1. The summed E-state index contributed by atoms with van der Waals surface area (Å²) in [5.41, 5.74) is 1.81. The van der Waals surface area contributed by atoms with E-state index in [1.165, 1.54) is 17.0 Å². The molecule has 1 atom stereocenters. The van der Waals surface area contributed by atoms with E-state index < -0.39 is 28.5 Å². The lowest BCUT2D eigenvalue weighted by atomic mass is 10.1. The molecule has 4 rings (SSSR count). The minimum Gasteiger partial charge on any atom is -0.352 e. The summed E-state index contributed by atoms with van der Waals surface area (Å²) in [4.78, 5) is 29.2. The van der Waals surface area contributed by atoms with Crippen LogP contribution in [0.2, 0.25) is 5.02 Å². The van der Waals surface area contributed by atoms with E-state index in [1.807, 2.05) is 37.3 Å². The predicted octanol–water partition coefficient (Wildman–Crippen LogP) is 5.71. The van der Waals surface area contributed by atoms with Crippen LogP contribution in [0.25, 0.3) is 0 Å². The minimum atomic E-state index is -4.14. The Hall–Kier alpha value is -3.36. The Labute approximate surface area is 242 Å². The number of benzene rings is 3. The molecular formula is C31H36ClN3O4S. The Kier molecular flexibility index (Phi) is 9.87. The molecule has 0 radical (unpaired) electrons. The van der Waals surface area contributed by atoms with E-state index in [2.05, 4.69) is 5.32 Å². The van der Waals surface area contributed by atoms with Gasteiger partial charge in [0.05, 0.1) is 10.6 Å². The molecule has 1 N–H and O–H groups in total. The van der Waals surface area contributed by atoms with E-state index in [1.54, 1.807) is 43.3 Å². The summed E-state index contributed by atoms with van der Waals surface area (Å²) in [6.45, 7) is 3.32. The standard InChI is InChI=1S/C31H36ClN3O4S/c1-3-28(31(37)33-26-14-10-11-15-26)34(21-24-12-6-4-7-13-24)30(36)22-35(29-20-25(32)19-18-23(29)2)40(38,39)27-16-8-5-9-17-27/h4-9,12-13,16-20,26,28H,3,10-11,14-15,21-22H2,1-2H3,(H,33,37)/t28-/m0/s1. The normalized spacial score (nSPS) is 14.5.